The molecule has 0 bridgehead atoms. The summed E-state index contributed by atoms with van der Waals surface area (Å²) in [7, 11) is -3.40. The lowest BCUT2D eigenvalue weighted by Crippen LogP contribution is -2.27. The molecule has 4 rings (SSSR count). The quantitative estimate of drug-likeness (QED) is 0.834. The van der Waals surface area contributed by atoms with E-state index >= 15 is 0 Å². The molecule has 124 valence electrons. The highest BCUT2D eigenvalue weighted by molar-refractivity contribution is 7.91. The van der Waals surface area contributed by atoms with Crippen LogP contribution in [0.15, 0.2) is 22.4 Å². The van der Waals surface area contributed by atoms with Gasteiger partial charge in [-0.3, -0.25) is 4.68 Å². The van der Waals surface area contributed by atoms with Gasteiger partial charge in [0.1, 0.15) is 4.21 Å². The van der Waals surface area contributed by atoms with Crippen LogP contribution in [0.25, 0.3) is 0 Å². The van der Waals surface area contributed by atoms with Crippen molar-refractivity contribution in [1.82, 2.24) is 14.5 Å². The van der Waals surface area contributed by atoms with E-state index in [1.165, 1.54) is 48.4 Å². The van der Waals surface area contributed by atoms with Crippen LogP contribution >= 0.6 is 11.3 Å². The third-order valence-corrected chi connectivity index (χ3v) is 7.37. The molecule has 2 aromatic rings. The summed E-state index contributed by atoms with van der Waals surface area (Å²) in [5.41, 5.74) is 2.49. The molecule has 0 saturated heterocycles. The molecule has 2 heterocycles. The summed E-state index contributed by atoms with van der Waals surface area (Å²) in [4.78, 5) is 1.00. The van der Waals surface area contributed by atoms with E-state index in [9.17, 15) is 8.42 Å². The SMILES string of the molecule is Cc1ccc(S(=O)(=O)NCCn2nc(C3CC3)cc2C2CC2)s1. The van der Waals surface area contributed by atoms with E-state index in [0.717, 1.165) is 4.88 Å². The zero-order chi connectivity index (χ0) is 16.0. The summed E-state index contributed by atoms with van der Waals surface area (Å²) >= 11 is 1.30. The van der Waals surface area contributed by atoms with Gasteiger partial charge in [0.05, 0.1) is 12.2 Å². The van der Waals surface area contributed by atoms with Crippen LogP contribution in [-0.4, -0.2) is 24.7 Å². The molecule has 2 fully saturated rings. The zero-order valence-electron chi connectivity index (χ0n) is 13.2. The van der Waals surface area contributed by atoms with Crippen molar-refractivity contribution in [1.29, 1.82) is 0 Å². The summed E-state index contributed by atoms with van der Waals surface area (Å²) in [6.45, 7) is 2.89. The van der Waals surface area contributed by atoms with Gasteiger partial charge >= 0.3 is 0 Å². The largest absolute Gasteiger partial charge is 0.268 e. The Morgan fingerprint density at radius 2 is 2.00 bits per heavy atom. The van der Waals surface area contributed by atoms with E-state index in [2.05, 4.69) is 10.8 Å². The Morgan fingerprint density at radius 3 is 2.61 bits per heavy atom. The number of nitrogens with one attached hydrogen (secondary N) is 1. The molecule has 23 heavy (non-hydrogen) atoms. The molecule has 0 atom stereocenters. The lowest BCUT2D eigenvalue weighted by Gasteiger charge is -2.08. The predicted octanol–water partition coefficient (Wildman–Crippen LogP) is 2.99. The van der Waals surface area contributed by atoms with Crippen LogP contribution in [0.2, 0.25) is 0 Å². The minimum absolute atomic E-state index is 0.380. The van der Waals surface area contributed by atoms with Crippen LogP contribution in [0.4, 0.5) is 0 Å². The number of hydrogen-bond donors (Lipinski definition) is 1. The molecule has 2 aliphatic rings. The first kappa shape index (κ1) is 15.4. The van der Waals surface area contributed by atoms with Crippen LogP contribution in [0.3, 0.4) is 0 Å². The first-order chi connectivity index (χ1) is 11.0. The summed E-state index contributed by atoms with van der Waals surface area (Å²) in [5, 5.41) is 4.71. The number of nitrogens with zero attached hydrogens (tertiary/aromatic N) is 2. The fourth-order valence-corrected chi connectivity index (χ4v) is 5.18. The van der Waals surface area contributed by atoms with Gasteiger partial charge in [-0.25, -0.2) is 13.1 Å². The molecule has 0 radical (unpaired) electrons. The number of hydrogen-bond acceptors (Lipinski definition) is 4. The van der Waals surface area contributed by atoms with Gasteiger partial charge < -0.3 is 0 Å². The Kier molecular flexibility index (Phi) is 3.82. The molecule has 1 N–H and O–H groups in total. The highest BCUT2D eigenvalue weighted by atomic mass is 32.2. The number of aromatic nitrogens is 2. The van der Waals surface area contributed by atoms with E-state index in [1.54, 1.807) is 6.07 Å². The number of aryl methyl sites for hydroxylation is 1. The van der Waals surface area contributed by atoms with Crippen molar-refractivity contribution in [2.75, 3.05) is 6.54 Å². The predicted molar refractivity (Wildman–Crippen MR) is 90.4 cm³/mol. The van der Waals surface area contributed by atoms with Gasteiger partial charge in [0.2, 0.25) is 10.0 Å². The standard InChI is InChI=1S/C16H21N3O2S2/c1-11-2-7-16(22-11)23(20,21)17-8-9-19-15(13-5-6-13)10-14(18-19)12-3-4-12/h2,7,10,12-13,17H,3-6,8-9H2,1H3. The number of rotatable bonds is 7. The molecule has 2 aromatic heterocycles. The monoisotopic (exact) mass is 351 g/mol. The first-order valence-electron chi connectivity index (χ1n) is 8.17. The molecule has 5 nitrogen and oxygen atoms in total. The maximum Gasteiger partial charge on any atom is 0.250 e. The second-order valence-electron chi connectivity index (χ2n) is 6.53. The fourth-order valence-electron chi connectivity index (χ4n) is 2.83. The molecular formula is C16H21N3O2S2. The summed E-state index contributed by atoms with van der Waals surface area (Å²) in [6.07, 6.45) is 4.95. The van der Waals surface area contributed by atoms with Crippen molar-refractivity contribution in [3.8, 4) is 0 Å². The molecule has 0 amide bonds. The molecule has 0 spiro atoms. The van der Waals surface area contributed by atoms with E-state index < -0.39 is 10.0 Å². The lowest BCUT2D eigenvalue weighted by molar-refractivity contribution is 0.549. The maximum absolute atomic E-state index is 12.3. The van der Waals surface area contributed by atoms with Gasteiger partial charge in [-0.1, -0.05) is 0 Å². The van der Waals surface area contributed by atoms with Gasteiger partial charge in [0, 0.05) is 29.0 Å². The normalized spacial score (nSPS) is 18.5. The number of sulfonamides is 1. The Labute approximate surface area is 140 Å². The molecule has 7 heteroatoms. The van der Waals surface area contributed by atoms with E-state index in [1.807, 2.05) is 17.7 Å². The Bertz CT molecular complexity index is 814. The Morgan fingerprint density at radius 1 is 1.26 bits per heavy atom. The third kappa shape index (κ3) is 3.36. The van der Waals surface area contributed by atoms with Crippen molar-refractivity contribution in [3.05, 3.63) is 34.5 Å². The second kappa shape index (κ2) is 5.72. The van der Waals surface area contributed by atoms with Crippen LogP contribution in [-0.2, 0) is 16.6 Å². The van der Waals surface area contributed by atoms with E-state index in [0.29, 0.717) is 29.1 Å². The molecule has 0 aliphatic heterocycles. The number of thiophene rings is 1. The van der Waals surface area contributed by atoms with Gasteiger partial charge in [0.15, 0.2) is 0 Å². The molecular weight excluding hydrogens is 330 g/mol. The average Bonchev–Trinajstić information content (AvgIpc) is 3.43. The second-order valence-corrected chi connectivity index (χ2v) is 9.81. The van der Waals surface area contributed by atoms with Crippen molar-refractivity contribution < 1.29 is 8.42 Å². The molecule has 0 unspecified atom stereocenters. The average molecular weight is 351 g/mol. The third-order valence-electron chi connectivity index (χ3n) is 4.42. The van der Waals surface area contributed by atoms with Crippen LogP contribution in [0.1, 0.15) is 53.8 Å². The summed E-state index contributed by atoms with van der Waals surface area (Å²) in [5.74, 6) is 1.27. The van der Waals surface area contributed by atoms with Gasteiger partial charge in [-0.2, -0.15) is 5.10 Å². The topological polar surface area (TPSA) is 64.0 Å². The Balaban J connectivity index is 1.43. The molecule has 2 aliphatic carbocycles. The molecule has 2 saturated carbocycles. The van der Waals surface area contributed by atoms with Crippen LogP contribution < -0.4 is 4.72 Å². The van der Waals surface area contributed by atoms with Crippen LogP contribution in [0.5, 0.6) is 0 Å². The smallest absolute Gasteiger partial charge is 0.250 e. The fraction of sp³-hybridized carbons (Fsp3) is 0.562. The summed E-state index contributed by atoms with van der Waals surface area (Å²) in [6, 6.07) is 5.74. The van der Waals surface area contributed by atoms with Crippen molar-refractivity contribution in [2.45, 2.75) is 55.2 Å². The highest BCUT2D eigenvalue weighted by Crippen LogP contribution is 2.44. The lowest BCUT2D eigenvalue weighted by atomic mass is 10.2. The van der Waals surface area contributed by atoms with Gasteiger partial charge in [0.25, 0.3) is 0 Å². The van der Waals surface area contributed by atoms with Crippen molar-refractivity contribution in [2.24, 2.45) is 0 Å². The van der Waals surface area contributed by atoms with Crippen molar-refractivity contribution in [3.63, 3.8) is 0 Å². The minimum atomic E-state index is -3.40. The maximum atomic E-state index is 12.3. The first-order valence-corrected chi connectivity index (χ1v) is 10.5. The van der Waals surface area contributed by atoms with Crippen molar-refractivity contribution >= 4 is 21.4 Å². The van der Waals surface area contributed by atoms with Gasteiger partial charge in [-0.05, 0) is 50.8 Å². The Hall–Kier alpha value is -1.18. The van der Waals surface area contributed by atoms with E-state index in [-0.39, 0.29) is 0 Å². The van der Waals surface area contributed by atoms with Crippen LogP contribution in [0, 0.1) is 6.92 Å². The summed E-state index contributed by atoms with van der Waals surface area (Å²) < 4.78 is 29.6. The minimum Gasteiger partial charge on any atom is -0.268 e. The molecule has 0 aromatic carbocycles. The highest BCUT2D eigenvalue weighted by Gasteiger charge is 2.32. The van der Waals surface area contributed by atoms with E-state index in [4.69, 9.17) is 5.10 Å². The zero-order valence-corrected chi connectivity index (χ0v) is 14.8. The van der Waals surface area contributed by atoms with Gasteiger partial charge in [-0.15, -0.1) is 11.3 Å².